The Morgan fingerprint density at radius 2 is 2.15 bits per heavy atom. The van der Waals surface area contributed by atoms with Gasteiger partial charge in [-0.2, -0.15) is 0 Å². The Morgan fingerprint density at radius 1 is 1.35 bits per heavy atom. The van der Waals surface area contributed by atoms with Crippen molar-refractivity contribution in [3.05, 3.63) is 19.4 Å². The summed E-state index contributed by atoms with van der Waals surface area (Å²) < 4.78 is 1.46. The van der Waals surface area contributed by atoms with E-state index in [0.29, 0.717) is 6.04 Å². The fraction of sp³-hybridized carbons (Fsp3) is 0.750. The normalized spacial score (nSPS) is 24.8. The second-order valence-corrected chi connectivity index (χ2v) is 9.19. The first-order valence-electron chi connectivity index (χ1n) is 8.02. The van der Waals surface area contributed by atoms with Crippen LogP contribution in [0.5, 0.6) is 0 Å². The first-order valence-corrected chi connectivity index (χ1v) is 9.92. The Balaban J connectivity index is 1.57. The van der Waals surface area contributed by atoms with Gasteiger partial charge in [0.2, 0.25) is 0 Å². The molecule has 0 spiro atoms. The lowest BCUT2D eigenvalue weighted by Crippen LogP contribution is -2.44. The van der Waals surface area contributed by atoms with Crippen molar-refractivity contribution in [1.29, 1.82) is 0 Å². The van der Waals surface area contributed by atoms with Gasteiger partial charge in [0.25, 0.3) is 0 Å². The monoisotopic (exact) mass is 404 g/mol. The van der Waals surface area contributed by atoms with Crippen LogP contribution < -0.4 is 5.32 Å². The molecule has 4 heteroatoms. The van der Waals surface area contributed by atoms with Crippen LogP contribution in [0.2, 0.25) is 0 Å². The molecule has 1 aliphatic carbocycles. The van der Waals surface area contributed by atoms with Crippen LogP contribution in [0.15, 0.2) is 6.07 Å². The standard InChI is InChI=1S/C16H25IN2S/c1-2-8-19-9-6-12(7-10-19)18-14-4-3-5-15-13(14)11-16(17)20-15/h11-12,14,18H,2-10H2,1H3. The van der Waals surface area contributed by atoms with Crippen LogP contribution in [0.4, 0.5) is 0 Å². The Hall–Kier alpha value is 0.350. The molecule has 1 N–H and O–H groups in total. The Labute approximate surface area is 140 Å². The van der Waals surface area contributed by atoms with E-state index in [4.69, 9.17) is 0 Å². The van der Waals surface area contributed by atoms with Crippen LogP contribution in [0, 0.1) is 2.88 Å². The summed E-state index contributed by atoms with van der Waals surface area (Å²) in [6, 6.07) is 3.78. The van der Waals surface area contributed by atoms with Gasteiger partial charge in [0.15, 0.2) is 0 Å². The highest BCUT2D eigenvalue weighted by Gasteiger charge is 2.26. The van der Waals surface area contributed by atoms with Gasteiger partial charge in [-0.05, 0) is 92.4 Å². The van der Waals surface area contributed by atoms with Gasteiger partial charge in [-0.25, -0.2) is 0 Å². The van der Waals surface area contributed by atoms with Crippen molar-refractivity contribution < 1.29 is 0 Å². The van der Waals surface area contributed by atoms with E-state index in [9.17, 15) is 0 Å². The van der Waals surface area contributed by atoms with E-state index in [1.54, 1.807) is 10.4 Å². The molecule has 1 atom stereocenters. The van der Waals surface area contributed by atoms with Crippen molar-refractivity contribution in [1.82, 2.24) is 10.2 Å². The van der Waals surface area contributed by atoms with Gasteiger partial charge in [-0.15, -0.1) is 11.3 Å². The summed E-state index contributed by atoms with van der Waals surface area (Å²) in [7, 11) is 0. The van der Waals surface area contributed by atoms with E-state index < -0.39 is 0 Å². The SMILES string of the molecule is CCCN1CCC(NC2CCCc3sc(I)cc32)CC1. The lowest BCUT2D eigenvalue weighted by atomic mass is 9.92. The Morgan fingerprint density at radius 3 is 2.90 bits per heavy atom. The molecule has 1 unspecified atom stereocenters. The lowest BCUT2D eigenvalue weighted by Gasteiger charge is -2.35. The second-order valence-electron chi connectivity index (χ2n) is 6.16. The minimum absolute atomic E-state index is 0.626. The van der Waals surface area contributed by atoms with Crippen molar-refractivity contribution in [3.8, 4) is 0 Å². The molecule has 1 aliphatic heterocycles. The molecular formula is C16H25IN2S. The highest BCUT2D eigenvalue weighted by Crippen LogP contribution is 2.36. The van der Waals surface area contributed by atoms with Crippen molar-refractivity contribution in [2.75, 3.05) is 19.6 Å². The minimum atomic E-state index is 0.626. The molecule has 2 aliphatic rings. The summed E-state index contributed by atoms with van der Waals surface area (Å²) >= 11 is 4.48. The van der Waals surface area contributed by atoms with Crippen LogP contribution in [0.3, 0.4) is 0 Å². The average molecular weight is 404 g/mol. The third-order valence-corrected chi connectivity index (χ3v) is 6.62. The maximum Gasteiger partial charge on any atom is 0.0659 e. The van der Waals surface area contributed by atoms with E-state index in [1.807, 2.05) is 11.3 Å². The number of piperidine rings is 1. The first-order chi connectivity index (χ1) is 9.76. The highest BCUT2D eigenvalue weighted by molar-refractivity contribution is 14.1. The summed E-state index contributed by atoms with van der Waals surface area (Å²) in [6.07, 6.45) is 7.93. The predicted octanol–water partition coefficient (Wildman–Crippen LogP) is 4.19. The van der Waals surface area contributed by atoms with Crippen LogP contribution in [0.25, 0.3) is 0 Å². The highest BCUT2D eigenvalue weighted by atomic mass is 127. The predicted molar refractivity (Wildman–Crippen MR) is 95.6 cm³/mol. The van der Waals surface area contributed by atoms with Crippen LogP contribution in [-0.2, 0) is 6.42 Å². The molecule has 1 fully saturated rings. The molecule has 0 bridgehead atoms. The number of rotatable bonds is 4. The summed E-state index contributed by atoms with van der Waals surface area (Å²) in [5, 5.41) is 3.97. The summed E-state index contributed by atoms with van der Waals surface area (Å²) in [4.78, 5) is 4.26. The van der Waals surface area contributed by atoms with Crippen LogP contribution >= 0.6 is 33.9 Å². The summed E-state index contributed by atoms with van der Waals surface area (Å²) in [5.74, 6) is 0. The van der Waals surface area contributed by atoms with E-state index in [1.165, 1.54) is 61.0 Å². The number of nitrogens with zero attached hydrogens (tertiary/aromatic N) is 1. The van der Waals surface area contributed by atoms with Gasteiger partial charge >= 0.3 is 0 Å². The zero-order valence-electron chi connectivity index (χ0n) is 12.3. The fourth-order valence-electron chi connectivity index (χ4n) is 3.62. The van der Waals surface area contributed by atoms with E-state index in [2.05, 4.69) is 45.8 Å². The van der Waals surface area contributed by atoms with Crippen molar-refractivity contribution >= 4 is 33.9 Å². The molecule has 20 heavy (non-hydrogen) atoms. The zero-order chi connectivity index (χ0) is 13.9. The molecule has 0 amide bonds. The molecule has 0 aromatic carbocycles. The molecular weight excluding hydrogens is 379 g/mol. The number of hydrogen-bond acceptors (Lipinski definition) is 3. The molecule has 0 saturated carbocycles. The topological polar surface area (TPSA) is 15.3 Å². The zero-order valence-corrected chi connectivity index (χ0v) is 15.3. The Kier molecular flexibility index (Phi) is 5.39. The molecule has 2 nitrogen and oxygen atoms in total. The van der Waals surface area contributed by atoms with Crippen LogP contribution in [0.1, 0.15) is 55.5 Å². The molecule has 1 aromatic heterocycles. The first kappa shape index (κ1) is 15.3. The number of aryl methyl sites for hydroxylation is 1. The van der Waals surface area contributed by atoms with Crippen LogP contribution in [-0.4, -0.2) is 30.6 Å². The minimum Gasteiger partial charge on any atom is -0.307 e. The number of thiophene rings is 1. The largest absolute Gasteiger partial charge is 0.307 e. The summed E-state index contributed by atoms with van der Waals surface area (Å²) in [6.45, 7) is 6.13. The third-order valence-electron chi connectivity index (χ3n) is 4.65. The maximum atomic E-state index is 3.97. The second kappa shape index (κ2) is 7.07. The maximum absolute atomic E-state index is 3.97. The molecule has 2 heterocycles. The number of halogens is 1. The fourth-order valence-corrected chi connectivity index (χ4v) is 5.74. The van der Waals surface area contributed by atoms with Gasteiger partial charge in [0.05, 0.1) is 2.88 Å². The molecule has 3 rings (SSSR count). The van der Waals surface area contributed by atoms with Gasteiger partial charge in [-0.3, -0.25) is 0 Å². The smallest absolute Gasteiger partial charge is 0.0659 e. The van der Waals surface area contributed by atoms with Gasteiger partial charge in [0.1, 0.15) is 0 Å². The van der Waals surface area contributed by atoms with E-state index in [-0.39, 0.29) is 0 Å². The van der Waals surface area contributed by atoms with Gasteiger partial charge < -0.3 is 10.2 Å². The number of fused-ring (bicyclic) bond motifs is 1. The van der Waals surface area contributed by atoms with Gasteiger partial charge in [-0.1, -0.05) is 6.92 Å². The van der Waals surface area contributed by atoms with E-state index >= 15 is 0 Å². The Bertz CT molecular complexity index is 438. The van der Waals surface area contributed by atoms with Crippen molar-refractivity contribution in [3.63, 3.8) is 0 Å². The van der Waals surface area contributed by atoms with Gasteiger partial charge in [0, 0.05) is 17.0 Å². The molecule has 1 saturated heterocycles. The molecule has 0 radical (unpaired) electrons. The van der Waals surface area contributed by atoms with Crippen molar-refractivity contribution in [2.45, 2.75) is 57.5 Å². The average Bonchev–Trinajstić information content (AvgIpc) is 2.83. The third kappa shape index (κ3) is 3.57. The van der Waals surface area contributed by atoms with E-state index in [0.717, 1.165) is 6.04 Å². The number of likely N-dealkylation sites (tertiary alicyclic amines) is 1. The lowest BCUT2D eigenvalue weighted by molar-refractivity contribution is 0.188. The van der Waals surface area contributed by atoms with Crippen molar-refractivity contribution in [2.24, 2.45) is 0 Å². The quantitative estimate of drug-likeness (QED) is 0.757. The number of hydrogen-bond donors (Lipinski definition) is 1. The molecule has 1 aromatic rings. The number of nitrogens with one attached hydrogen (secondary N) is 1. The molecule has 112 valence electrons. The summed E-state index contributed by atoms with van der Waals surface area (Å²) in [5.41, 5.74) is 1.61.